The number of benzene rings is 1. The Kier molecular flexibility index (Phi) is 5.22. The summed E-state index contributed by atoms with van der Waals surface area (Å²) in [6.07, 6.45) is 3.29. The number of nitrogens with one attached hydrogen (secondary N) is 1. The zero-order valence-corrected chi connectivity index (χ0v) is 13.3. The van der Waals surface area contributed by atoms with Gasteiger partial charge in [-0.05, 0) is 30.7 Å². The second-order valence-electron chi connectivity index (χ2n) is 6.68. The third kappa shape index (κ3) is 3.49. The monoisotopic (exact) mass is 303 g/mol. The van der Waals surface area contributed by atoms with Gasteiger partial charge in [0.1, 0.15) is 0 Å². The highest BCUT2D eigenvalue weighted by Crippen LogP contribution is 2.43. The van der Waals surface area contributed by atoms with Crippen molar-refractivity contribution in [3.63, 3.8) is 0 Å². The van der Waals surface area contributed by atoms with Crippen LogP contribution in [-0.4, -0.2) is 23.5 Å². The van der Waals surface area contributed by atoms with Crippen molar-refractivity contribution >= 4 is 11.9 Å². The summed E-state index contributed by atoms with van der Waals surface area (Å²) in [5.41, 5.74) is 0.580. The predicted molar refractivity (Wildman–Crippen MR) is 85.6 cm³/mol. The summed E-state index contributed by atoms with van der Waals surface area (Å²) < 4.78 is 0. The molecule has 0 saturated heterocycles. The molecule has 0 radical (unpaired) electrons. The van der Waals surface area contributed by atoms with Gasteiger partial charge in [-0.25, -0.2) is 0 Å². The van der Waals surface area contributed by atoms with Gasteiger partial charge in [0.25, 0.3) is 0 Å². The van der Waals surface area contributed by atoms with Crippen molar-refractivity contribution in [2.75, 3.05) is 6.54 Å². The molecule has 4 nitrogen and oxygen atoms in total. The van der Waals surface area contributed by atoms with E-state index in [1.165, 1.54) is 0 Å². The molecule has 1 atom stereocenters. The molecule has 1 aliphatic carbocycles. The molecule has 4 heteroatoms. The molecule has 1 fully saturated rings. The molecule has 0 aromatic heterocycles. The van der Waals surface area contributed by atoms with Crippen molar-refractivity contribution in [2.24, 2.45) is 11.8 Å². The zero-order valence-electron chi connectivity index (χ0n) is 13.3. The number of carbonyl (C=O) groups excluding carboxylic acids is 1. The minimum Gasteiger partial charge on any atom is -0.481 e. The minimum atomic E-state index is -0.837. The van der Waals surface area contributed by atoms with E-state index in [4.69, 9.17) is 0 Å². The lowest BCUT2D eigenvalue weighted by atomic mass is 9.64. The van der Waals surface area contributed by atoms with E-state index in [9.17, 15) is 14.7 Å². The molecule has 1 amide bonds. The molecule has 1 saturated carbocycles. The Bertz CT molecular complexity index is 520. The fourth-order valence-electron chi connectivity index (χ4n) is 3.16. The molecule has 0 spiro atoms. The van der Waals surface area contributed by atoms with Crippen molar-refractivity contribution in [3.05, 3.63) is 35.9 Å². The Labute approximate surface area is 131 Å². The van der Waals surface area contributed by atoms with Crippen molar-refractivity contribution in [1.82, 2.24) is 5.32 Å². The van der Waals surface area contributed by atoms with Gasteiger partial charge < -0.3 is 10.4 Å². The number of rotatable bonds is 7. The van der Waals surface area contributed by atoms with Gasteiger partial charge in [-0.3, -0.25) is 9.59 Å². The van der Waals surface area contributed by atoms with E-state index in [2.05, 4.69) is 5.32 Å². The summed E-state index contributed by atoms with van der Waals surface area (Å²) in [6, 6.07) is 9.81. The lowest BCUT2D eigenvalue weighted by molar-refractivity contribution is -0.142. The SMILES string of the molecule is CC(C)CC(CNC(=O)C1(c2ccccc2)CCC1)C(=O)O. The molecule has 1 unspecified atom stereocenters. The van der Waals surface area contributed by atoms with E-state index in [-0.39, 0.29) is 12.5 Å². The molecule has 120 valence electrons. The van der Waals surface area contributed by atoms with Gasteiger partial charge in [0.2, 0.25) is 5.91 Å². The largest absolute Gasteiger partial charge is 0.481 e. The summed E-state index contributed by atoms with van der Waals surface area (Å²) in [4.78, 5) is 24.0. The Morgan fingerprint density at radius 2 is 1.86 bits per heavy atom. The first-order chi connectivity index (χ1) is 10.5. The second kappa shape index (κ2) is 6.95. The summed E-state index contributed by atoms with van der Waals surface area (Å²) in [7, 11) is 0. The molecule has 2 N–H and O–H groups in total. The van der Waals surface area contributed by atoms with Crippen LogP contribution in [0.3, 0.4) is 0 Å². The molecular weight excluding hydrogens is 278 g/mol. The molecule has 1 aromatic carbocycles. The first-order valence-electron chi connectivity index (χ1n) is 8.02. The summed E-state index contributed by atoms with van der Waals surface area (Å²) in [5, 5.41) is 12.2. The fourth-order valence-corrected chi connectivity index (χ4v) is 3.16. The number of aliphatic carboxylic acids is 1. The van der Waals surface area contributed by atoms with Crippen molar-refractivity contribution in [1.29, 1.82) is 0 Å². The summed E-state index contributed by atoms with van der Waals surface area (Å²) >= 11 is 0. The van der Waals surface area contributed by atoms with Crippen molar-refractivity contribution in [2.45, 2.75) is 44.9 Å². The molecule has 22 heavy (non-hydrogen) atoms. The lowest BCUT2D eigenvalue weighted by Gasteiger charge is -2.41. The van der Waals surface area contributed by atoms with E-state index >= 15 is 0 Å². The standard InChI is InChI=1S/C18H25NO3/c1-13(2)11-14(16(20)21)12-19-17(22)18(9-6-10-18)15-7-4-3-5-8-15/h3-5,7-8,13-14H,6,9-12H2,1-2H3,(H,19,22)(H,20,21). The normalized spacial score (nSPS) is 17.6. The predicted octanol–water partition coefficient (Wildman–Crippen LogP) is 2.97. The molecule has 1 aliphatic rings. The molecule has 2 rings (SSSR count). The average molecular weight is 303 g/mol. The first-order valence-corrected chi connectivity index (χ1v) is 8.02. The zero-order chi connectivity index (χ0) is 16.2. The molecular formula is C18H25NO3. The lowest BCUT2D eigenvalue weighted by Crippen LogP contribution is -2.50. The number of carboxylic acids is 1. The number of hydrogen-bond acceptors (Lipinski definition) is 2. The Hall–Kier alpha value is -1.84. The fraction of sp³-hybridized carbons (Fsp3) is 0.556. The van der Waals surface area contributed by atoms with Gasteiger partial charge in [0, 0.05) is 6.54 Å². The van der Waals surface area contributed by atoms with Crippen LogP contribution in [0.1, 0.15) is 45.1 Å². The van der Waals surface area contributed by atoms with Crippen molar-refractivity contribution in [3.8, 4) is 0 Å². The number of amides is 1. The van der Waals surface area contributed by atoms with Crippen LogP contribution in [0, 0.1) is 11.8 Å². The van der Waals surface area contributed by atoms with Gasteiger partial charge in [0.05, 0.1) is 11.3 Å². The number of hydrogen-bond donors (Lipinski definition) is 2. The van der Waals surface area contributed by atoms with Crippen LogP contribution in [0.2, 0.25) is 0 Å². The maximum Gasteiger partial charge on any atom is 0.308 e. The van der Waals surface area contributed by atoms with Crippen LogP contribution in [0.15, 0.2) is 30.3 Å². The Balaban J connectivity index is 2.03. The molecule has 0 aliphatic heterocycles. The Morgan fingerprint density at radius 1 is 1.23 bits per heavy atom. The highest BCUT2D eigenvalue weighted by Gasteiger charge is 2.45. The maximum atomic E-state index is 12.7. The van der Waals surface area contributed by atoms with E-state index in [0.29, 0.717) is 12.3 Å². The highest BCUT2D eigenvalue weighted by atomic mass is 16.4. The summed E-state index contributed by atoms with van der Waals surface area (Å²) in [5.74, 6) is -1.09. The van der Waals surface area contributed by atoms with Crippen LogP contribution in [0.25, 0.3) is 0 Å². The van der Waals surface area contributed by atoms with Crippen LogP contribution < -0.4 is 5.32 Å². The number of carbonyl (C=O) groups is 2. The smallest absolute Gasteiger partial charge is 0.308 e. The van der Waals surface area contributed by atoms with Crippen LogP contribution in [-0.2, 0) is 15.0 Å². The quantitative estimate of drug-likeness (QED) is 0.814. The summed E-state index contributed by atoms with van der Waals surface area (Å²) in [6.45, 7) is 4.20. The van der Waals surface area contributed by atoms with Gasteiger partial charge >= 0.3 is 5.97 Å². The first kappa shape index (κ1) is 16.5. The van der Waals surface area contributed by atoms with Gasteiger partial charge in [0.15, 0.2) is 0 Å². The van der Waals surface area contributed by atoms with Crippen LogP contribution in [0.4, 0.5) is 0 Å². The second-order valence-corrected chi connectivity index (χ2v) is 6.68. The minimum absolute atomic E-state index is 0.0278. The van der Waals surface area contributed by atoms with E-state index in [0.717, 1.165) is 24.8 Å². The van der Waals surface area contributed by atoms with Crippen LogP contribution >= 0.6 is 0 Å². The van der Waals surface area contributed by atoms with E-state index in [1.807, 2.05) is 44.2 Å². The van der Waals surface area contributed by atoms with E-state index in [1.54, 1.807) is 0 Å². The molecule has 0 heterocycles. The number of carboxylic acid groups (broad SMARTS) is 1. The maximum absolute atomic E-state index is 12.7. The average Bonchev–Trinajstić information content (AvgIpc) is 2.42. The van der Waals surface area contributed by atoms with E-state index < -0.39 is 17.3 Å². The van der Waals surface area contributed by atoms with Gasteiger partial charge in [-0.2, -0.15) is 0 Å². The van der Waals surface area contributed by atoms with Gasteiger partial charge in [-0.1, -0.05) is 50.6 Å². The van der Waals surface area contributed by atoms with Crippen LogP contribution in [0.5, 0.6) is 0 Å². The highest BCUT2D eigenvalue weighted by molar-refractivity contribution is 5.89. The topological polar surface area (TPSA) is 66.4 Å². The molecule has 0 bridgehead atoms. The third-order valence-corrected chi connectivity index (χ3v) is 4.58. The third-order valence-electron chi connectivity index (χ3n) is 4.58. The van der Waals surface area contributed by atoms with Gasteiger partial charge in [-0.15, -0.1) is 0 Å². The Morgan fingerprint density at radius 3 is 2.32 bits per heavy atom. The molecule has 1 aromatic rings. The van der Waals surface area contributed by atoms with Crippen molar-refractivity contribution < 1.29 is 14.7 Å².